The number of pyridine rings is 1. The molecule has 2 N–H and O–H groups in total. The van der Waals surface area contributed by atoms with Gasteiger partial charge in [0.15, 0.2) is 0 Å². The molecule has 0 saturated heterocycles. The molecule has 22 heavy (non-hydrogen) atoms. The number of nitrogens with zero attached hydrogens (tertiary/aromatic N) is 1. The minimum absolute atomic E-state index is 0.129. The second-order valence-electron chi connectivity index (χ2n) is 4.55. The number of methoxy groups -OCH3 is 1. The summed E-state index contributed by atoms with van der Waals surface area (Å²) in [6.07, 6.45) is 3.43. The molecular formula is C16H17N3O3. The normalized spacial score (nSPS) is 10.0. The Morgan fingerprint density at radius 1 is 1.18 bits per heavy atom. The summed E-state index contributed by atoms with van der Waals surface area (Å²) >= 11 is 0. The predicted molar refractivity (Wildman–Crippen MR) is 82.4 cm³/mol. The largest absolute Gasteiger partial charge is 0.465 e. The fraction of sp³-hybridized carbons (Fsp3) is 0.188. The van der Waals surface area contributed by atoms with E-state index in [9.17, 15) is 9.59 Å². The topological polar surface area (TPSA) is 80.3 Å². The van der Waals surface area contributed by atoms with Gasteiger partial charge in [0.1, 0.15) is 0 Å². The zero-order valence-electron chi connectivity index (χ0n) is 12.2. The summed E-state index contributed by atoms with van der Waals surface area (Å²) < 4.78 is 4.68. The summed E-state index contributed by atoms with van der Waals surface area (Å²) in [5.74, 6) is -0.723. The van der Waals surface area contributed by atoms with E-state index in [4.69, 9.17) is 0 Å². The quantitative estimate of drug-likeness (QED) is 0.792. The Hall–Kier alpha value is -2.73. The molecule has 0 aliphatic heterocycles. The van der Waals surface area contributed by atoms with E-state index in [1.165, 1.54) is 7.11 Å². The molecule has 0 spiro atoms. The first-order valence-corrected chi connectivity index (χ1v) is 6.77. The van der Waals surface area contributed by atoms with Crippen LogP contribution < -0.4 is 10.6 Å². The summed E-state index contributed by atoms with van der Waals surface area (Å²) in [6, 6.07) is 10.5. The van der Waals surface area contributed by atoms with Crippen LogP contribution in [-0.2, 0) is 16.1 Å². The summed E-state index contributed by atoms with van der Waals surface area (Å²) in [5, 5.41) is 5.71. The number of esters is 1. The van der Waals surface area contributed by atoms with Gasteiger partial charge in [-0.2, -0.15) is 0 Å². The van der Waals surface area contributed by atoms with Crippen molar-refractivity contribution in [2.75, 3.05) is 19.0 Å². The van der Waals surface area contributed by atoms with Gasteiger partial charge in [0, 0.05) is 18.9 Å². The first kappa shape index (κ1) is 15.7. The number of carbonyl (C=O) groups is 2. The number of nitrogens with one attached hydrogen (secondary N) is 2. The van der Waals surface area contributed by atoms with Gasteiger partial charge in [-0.05, 0) is 23.8 Å². The Kier molecular flexibility index (Phi) is 5.62. The van der Waals surface area contributed by atoms with Gasteiger partial charge in [0.05, 0.1) is 24.9 Å². The number of para-hydroxylation sites is 1. The molecule has 0 radical (unpaired) electrons. The summed E-state index contributed by atoms with van der Waals surface area (Å²) in [7, 11) is 1.30. The second-order valence-corrected chi connectivity index (χ2v) is 4.55. The van der Waals surface area contributed by atoms with Crippen LogP contribution in [0.1, 0.15) is 15.9 Å². The molecule has 1 aromatic carbocycles. The fourth-order valence-electron chi connectivity index (χ4n) is 1.90. The van der Waals surface area contributed by atoms with E-state index in [1.54, 1.807) is 36.7 Å². The standard InChI is InChI=1S/C16H17N3O3/c1-22-16(21)13-6-2-3-7-14(13)19-15(20)11-18-10-12-5-4-8-17-9-12/h2-9,18H,10-11H2,1H3,(H,19,20). The number of rotatable bonds is 6. The maximum Gasteiger partial charge on any atom is 0.339 e. The molecule has 1 heterocycles. The summed E-state index contributed by atoms with van der Waals surface area (Å²) in [5.41, 5.74) is 1.75. The van der Waals surface area contributed by atoms with Crippen LogP contribution in [0.15, 0.2) is 48.8 Å². The van der Waals surface area contributed by atoms with E-state index < -0.39 is 5.97 Å². The van der Waals surface area contributed by atoms with Crippen molar-refractivity contribution in [3.63, 3.8) is 0 Å². The monoisotopic (exact) mass is 299 g/mol. The van der Waals surface area contributed by atoms with Gasteiger partial charge in [-0.25, -0.2) is 4.79 Å². The van der Waals surface area contributed by atoms with E-state index in [0.29, 0.717) is 17.8 Å². The summed E-state index contributed by atoms with van der Waals surface area (Å²) in [4.78, 5) is 27.5. The van der Waals surface area contributed by atoms with Crippen LogP contribution in [-0.4, -0.2) is 30.5 Å². The molecule has 0 fully saturated rings. The maximum atomic E-state index is 11.9. The molecule has 0 atom stereocenters. The molecule has 2 aromatic rings. The Balaban J connectivity index is 1.88. The molecule has 0 bridgehead atoms. The molecular weight excluding hydrogens is 282 g/mol. The van der Waals surface area contributed by atoms with Gasteiger partial charge in [-0.1, -0.05) is 18.2 Å². The summed E-state index contributed by atoms with van der Waals surface area (Å²) in [6.45, 7) is 0.671. The van der Waals surface area contributed by atoms with Crippen LogP contribution in [0.2, 0.25) is 0 Å². The van der Waals surface area contributed by atoms with Crippen LogP contribution in [0.3, 0.4) is 0 Å². The van der Waals surface area contributed by atoms with Gasteiger partial charge < -0.3 is 15.4 Å². The molecule has 0 saturated carbocycles. The Morgan fingerprint density at radius 2 is 2.00 bits per heavy atom. The van der Waals surface area contributed by atoms with Crippen molar-refractivity contribution in [3.8, 4) is 0 Å². The number of aromatic nitrogens is 1. The Bertz CT molecular complexity index is 644. The van der Waals surface area contributed by atoms with Crippen molar-refractivity contribution < 1.29 is 14.3 Å². The van der Waals surface area contributed by atoms with Crippen LogP contribution in [0.4, 0.5) is 5.69 Å². The number of benzene rings is 1. The molecule has 0 aliphatic rings. The number of hydrogen-bond donors (Lipinski definition) is 2. The van der Waals surface area contributed by atoms with Crippen molar-refractivity contribution >= 4 is 17.6 Å². The first-order chi connectivity index (χ1) is 10.7. The van der Waals surface area contributed by atoms with E-state index in [-0.39, 0.29) is 12.5 Å². The van der Waals surface area contributed by atoms with Crippen molar-refractivity contribution in [3.05, 3.63) is 59.9 Å². The number of ether oxygens (including phenoxy) is 1. The molecule has 1 amide bonds. The Labute approximate surface area is 128 Å². The molecule has 2 rings (SSSR count). The molecule has 6 nitrogen and oxygen atoms in total. The van der Waals surface area contributed by atoms with Gasteiger partial charge in [-0.15, -0.1) is 0 Å². The third-order valence-corrected chi connectivity index (χ3v) is 2.94. The number of hydrogen-bond acceptors (Lipinski definition) is 5. The maximum absolute atomic E-state index is 11.9. The van der Waals surface area contributed by atoms with Gasteiger partial charge in [0.25, 0.3) is 0 Å². The zero-order chi connectivity index (χ0) is 15.8. The van der Waals surface area contributed by atoms with E-state index in [2.05, 4.69) is 20.4 Å². The Morgan fingerprint density at radius 3 is 2.73 bits per heavy atom. The minimum Gasteiger partial charge on any atom is -0.465 e. The van der Waals surface area contributed by atoms with Crippen LogP contribution in [0, 0.1) is 0 Å². The highest BCUT2D eigenvalue weighted by molar-refractivity contribution is 6.01. The lowest BCUT2D eigenvalue weighted by atomic mass is 10.2. The highest BCUT2D eigenvalue weighted by atomic mass is 16.5. The average Bonchev–Trinajstić information content (AvgIpc) is 2.55. The molecule has 114 valence electrons. The lowest BCUT2D eigenvalue weighted by Crippen LogP contribution is -2.28. The molecule has 0 unspecified atom stereocenters. The van der Waals surface area contributed by atoms with E-state index in [0.717, 1.165) is 5.56 Å². The predicted octanol–water partition coefficient (Wildman–Crippen LogP) is 1.60. The van der Waals surface area contributed by atoms with Gasteiger partial charge in [0.2, 0.25) is 5.91 Å². The zero-order valence-corrected chi connectivity index (χ0v) is 12.2. The minimum atomic E-state index is -0.487. The lowest BCUT2D eigenvalue weighted by molar-refractivity contribution is -0.115. The number of amides is 1. The van der Waals surface area contributed by atoms with Crippen LogP contribution >= 0.6 is 0 Å². The average molecular weight is 299 g/mol. The van der Waals surface area contributed by atoms with Crippen LogP contribution in [0.25, 0.3) is 0 Å². The van der Waals surface area contributed by atoms with Gasteiger partial charge >= 0.3 is 5.97 Å². The van der Waals surface area contributed by atoms with E-state index in [1.807, 2.05) is 12.1 Å². The van der Waals surface area contributed by atoms with Crippen molar-refractivity contribution in [1.82, 2.24) is 10.3 Å². The third-order valence-electron chi connectivity index (χ3n) is 2.94. The molecule has 1 aromatic heterocycles. The molecule has 0 aliphatic carbocycles. The van der Waals surface area contributed by atoms with E-state index >= 15 is 0 Å². The smallest absolute Gasteiger partial charge is 0.339 e. The number of anilines is 1. The first-order valence-electron chi connectivity index (χ1n) is 6.77. The van der Waals surface area contributed by atoms with Crippen molar-refractivity contribution in [2.45, 2.75) is 6.54 Å². The highest BCUT2D eigenvalue weighted by Gasteiger charge is 2.12. The highest BCUT2D eigenvalue weighted by Crippen LogP contribution is 2.15. The third kappa shape index (κ3) is 4.39. The fourth-order valence-corrected chi connectivity index (χ4v) is 1.90. The second kappa shape index (κ2) is 7.90. The lowest BCUT2D eigenvalue weighted by Gasteiger charge is -2.10. The van der Waals surface area contributed by atoms with Crippen molar-refractivity contribution in [1.29, 1.82) is 0 Å². The van der Waals surface area contributed by atoms with Crippen LogP contribution in [0.5, 0.6) is 0 Å². The number of carbonyl (C=O) groups excluding carboxylic acids is 2. The van der Waals surface area contributed by atoms with Gasteiger partial charge in [-0.3, -0.25) is 9.78 Å². The SMILES string of the molecule is COC(=O)c1ccccc1NC(=O)CNCc1cccnc1. The van der Waals surface area contributed by atoms with Crippen molar-refractivity contribution in [2.24, 2.45) is 0 Å². The molecule has 6 heteroatoms.